The van der Waals surface area contributed by atoms with E-state index in [1.54, 1.807) is 0 Å². The summed E-state index contributed by atoms with van der Waals surface area (Å²) in [4.78, 5) is 2.53. The quantitative estimate of drug-likeness (QED) is 0.664. The highest BCUT2D eigenvalue weighted by atomic mass is 32.2. The van der Waals surface area contributed by atoms with E-state index in [9.17, 15) is 0 Å². The van der Waals surface area contributed by atoms with Crippen LogP contribution in [0.5, 0.6) is 5.75 Å². The van der Waals surface area contributed by atoms with Crippen molar-refractivity contribution in [2.24, 2.45) is 5.14 Å². The molecule has 1 heterocycles. The third-order valence-electron chi connectivity index (χ3n) is 4.19. The van der Waals surface area contributed by atoms with E-state index < -0.39 is 0 Å². The Balaban J connectivity index is 1.82. The normalized spacial score (nSPS) is 15.2. The van der Waals surface area contributed by atoms with Crippen LogP contribution in [0.1, 0.15) is 24.0 Å². The van der Waals surface area contributed by atoms with Gasteiger partial charge in [0.1, 0.15) is 18.0 Å². The minimum absolute atomic E-state index is 0.793. The molecule has 116 valence electrons. The largest absolute Gasteiger partial charge is 0.410 e. The first-order valence-electron chi connectivity index (χ1n) is 7.72. The van der Waals surface area contributed by atoms with E-state index in [0.717, 1.165) is 24.5 Å². The van der Waals surface area contributed by atoms with Gasteiger partial charge in [-0.25, -0.2) is 5.14 Å². The summed E-state index contributed by atoms with van der Waals surface area (Å²) in [6, 6.07) is 15.0. The molecule has 0 aliphatic carbocycles. The number of rotatable bonds is 5. The van der Waals surface area contributed by atoms with Crippen molar-refractivity contribution in [3.63, 3.8) is 0 Å². The van der Waals surface area contributed by atoms with Crippen molar-refractivity contribution >= 4 is 12.2 Å². The molecule has 1 saturated heterocycles. The maximum Gasteiger partial charge on any atom is 0.140 e. The van der Waals surface area contributed by atoms with E-state index in [2.05, 4.69) is 42.2 Å². The van der Waals surface area contributed by atoms with Crippen molar-refractivity contribution in [1.82, 2.24) is 4.90 Å². The van der Waals surface area contributed by atoms with Gasteiger partial charge in [-0.15, -0.1) is 0 Å². The first-order valence-corrected chi connectivity index (χ1v) is 8.52. The molecular weight excluding hydrogens is 292 g/mol. The van der Waals surface area contributed by atoms with Crippen molar-refractivity contribution in [1.29, 1.82) is 0 Å². The van der Waals surface area contributed by atoms with E-state index in [0.29, 0.717) is 0 Å². The van der Waals surface area contributed by atoms with Gasteiger partial charge in [0, 0.05) is 6.54 Å². The molecule has 0 spiro atoms. The third-order valence-corrected chi connectivity index (χ3v) is 4.47. The molecule has 0 bridgehead atoms. The molecule has 1 fully saturated rings. The van der Waals surface area contributed by atoms with Gasteiger partial charge in [-0.1, -0.05) is 24.3 Å². The molecule has 22 heavy (non-hydrogen) atoms. The van der Waals surface area contributed by atoms with E-state index >= 15 is 0 Å². The maximum atomic E-state index is 5.35. The minimum atomic E-state index is 0.793. The van der Waals surface area contributed by atoms with Gasteiger partial charge in [0.25, 0.3) is 0 Å². The standard InChI is InChI=1S/C18H22N2OS/c1-14-11-17(21-22-19)7-8-18(14)16-6-4-5-15(12-16)13-20-9-2-3-10-20/h4-8,11-12H,2-3,9-10,13,19H2,1H3. The molecule has 2 aromatic carbocycles. The summed E-state index contributed by atoms with van der Waals surface area (Å²) in [5.41, 5.74) is 5.10. The highest BCUT2D eigenvalue weighted by molar-refractivity contribution is 7.92. The van der Waals surface area contributed by atoms with E-state index in [4.69, 9.17) is 9.32 Å². The molecule has 0 radical (unpaired) electrons. The fourth-order valence-corrected chi connectivity index (χ4v) is 3.32. The van der Waals surface area contributed by atoms with E-state index in [1.807, 2.05) is 12.1 Å². The lowest BCUT2D eigenvalue weighted by Crippen LogP contribution is -2.18. The molecule has 0 aromatic heterocycles. The molecule has 0 amide bonds. The van der Waals surface area contributed by atoms with Crippen LogP contribution in [0.4, 0.5) is 0 Å². The van der Waals surface area contributed by atoms with Gasteiger partial charge in [0.2, 0.25) is 0 Å². The predicted molar refractivity (Wildman–Crippen MR) is 93.5 cm³/mol. The summed E-state index contributed by atoms with van der Waals surface area (Å²) in [7, 11) is 0. The molecule has 2 aromatic rings. The lowest BCUT2D eigenvalue weighted by Gasteiger charge is -2.16. The Morgan fingerprint density at radius 2 is 1.95 bits per heavy atom. The Labute approximate surface area is 136 Å². The van der Waals surface area contributed by atoms with Crippen LogP contribution in [0.2, 0.25) is 0 Å². The van der Waals surface area contributed by atoms with Gasteiger partial charge in [-0.2, -0.15) is 0 Å². The smallest absolute Gasteiger partial charge is 0.140 e. The van der Waals surface area contributed by atoms with Crippen molar-refractivity contribution < 1.29 is 4.18 Å². The summed E-state index contributed by atoms with van der Waals surface area (Å²) < 4.78 is 5.28. The van der Waals surface area contributed by atoms with Crippen molar-refractivity contribution in [3.8, 4) is 16.9 Å². The van der Waals surface area contributed by atoms with Crippen LogP contribution in [0.15, 0.2) is 42.5 Å². The SMILES string of the molecule is Cc1cc(OSN)ccc1-c1cccc(CN2CCCC2)c1. The van der Waals surface area contributed by atoms with Crippen LogP contribution in [-0.2, 0) is 6.54 Å². The summed E-state index contributed by atoms with van der Waals surface area (Å²) in [5.74, 6) is 0.793. The van der Waals surface area contributed by atoms with Crippen LogP contribution in [0.3, 0.4) is 0 Å². The molecule has 1 aliphatic rings. The zero-order valence-corrected chi connectivity index (χ0v) is 13.7. The minimum Gasteiger partial charge on any atom is -0.410 e. The number of benzene rings is 2. The Kier molecular flexibility index (Phi) is 5.03. The lowest BCUT2D eigenvalue weighted by atomic mass is 9.98. The summed E-state index contributed by atoms with van der Waals surface area (Å²) in [5, 5.41) is 5.35. The monoisotopic (exact) mass is 314 g/mol. The average Bonchev–Trinajstić information content (AvgIpc) is 3.01. The summed E-state index contributed by atoms with van der Waals surface area (Å²) in [6.07, 6.45) is 2.67. The van der Waals surface area contributed by atoms with Gasteiger partial charge in [0.15, 0.2) is 0 Å². The highest BCUT2D eigenvalue weighted by Crippen LogP contribution is 2.28. The molecule has 3 rings (SSSR count). The first kappa shape index (κ1) is 15.4. The van der Waals surface area contributed by atoms with E-state index in [-0.39, 0.29) is 0 Å². The average molecular weight is 314 g/mol. The Bertz CT molecular complexity index is 639. The second-order valence-electron chi connectivity index (χ2n) is 5.84. The Hall–Kier alpha value is -1.49. The van der Waals surface area contributed by atoms with Crippen molar-refractivity contribution in [2.45, 2.75) is 26.3 Å². The van der Waals surface area contributed by atoms with Gasteiger partial charge < -0.3 is 4.18 Å². The predicted octanol–water partition coefficient (Wildman–Crippen LogP) is 4.16. The molecule has 4 heteroatoms. The van der Waals surface area contributed by atoms with Crippen LogP contribution in [0, 0.1) is 6.92 Å². The molecule has 0 unspecified atom stereocenters. The fourth-order valence-electron chi connectivity index (χ4n) is 3.10. The number of nitrogens with zero attached hydrogens (tertiary/aromatic N) is 1. The van der Waals surface area contributed by atoms with Crippen molar-refractivity contribution in [3.05, 3.63) is 53.6 Å². The number of aryl methyl sites for hydroxylation is 1. The molecular formula is C18H22N2OS. The van der Waals surface area contributed by atoms with Gasteiger partial charge >= 0.3 is 0 Å². The topological polar surface area (TPSA) is 38.5 Å². The zero-order chi connectivity index (χ0) is 15.4. The van der Waals surface area contributed by atoms with Crippen LogP contribution < -0.4 is 9.32 Å². The summed E-state index contributed by atoms with van der Waals surface area (Å²) in [6.45, 7) is 5.62. The maximum absolute atomic E-state index is 5.35. The zero-order valence-electron chi connectivity index (χ0n) is 12.9. The Morgan fingerprint density at radius 3 is 2.68 bits per heavy atom. The van der Waals surface area contributed by atoms with Gasteiger partial charge in [-0.05, 0) is 73.3 Å². The molecule has 0 atom stereocenters. The molecule has 0 saturated carbocycles. The number of hydrogen-bond acceptors (Lipinski definition) is 4. The van der Waals surface area contributed by atoms with Crippen molar-refractivity contribution in [2.75, 3.05) is 13.1 Å². The van der Waals surface area contributed by atoms with E-state index in [1.165, 1.54) is 48.2 Å². The number of nitrogens with two attached hydrogens (primary N) is 1. The third kappa shape index (κ3) is 3.64. The van der Waals surface area contributed by atoms with Crippen LogP contribution in [0.25, 0.3) is 11.1 Å². The van der Waals surface area contributed by atoms with Gasteiger partial charge in [-0.3, -0.25) is 4.90 Å². The summed E-state index contributed by atoms with van der Waals surface area (Å²) >= 11 is 0.880. The van der Waals surface area contributed by atoms with Gasteiger partial charge in [0.05, 0.1) is 0 Å². The Morgan fingerprint density at radius 1 is 1.14 bits per heavy atom. The fraction of sp³-hybridized carbons (Fsp3) is 0.333. The molecule has 3 nitrogen and oxygen atoms in total. The van der Waals surface area contributed by atoms with Crippen LogP contribution >= 0.6 is 12.2 Å². The molecule has 2 N–H and O–H groups in total. The number of likely N-dealkylation sites (tertiary alicyclic amines) is 1. The lowest BCUT2D eigenvalue weighted by molar-refractivity contribution is 0.331. The second-order valence-corrected chi connectivity index (χ2v) is 6.20. The molecule has 1 aliphatic heterocycles. The van der Waals surface area contributed by atoms with Crippen LogP contribution in [-0.4, -0.2) is 18.0 Å². The first-order chi connectivity index (χ1) is 10.8. The highest BCUT2D eigenvalue weighted by Gasteiger charge is 2.12. The number of hydrogen-bond donors (Lipinski definition) is 1. The second kappa shape index (κ2) is 7.18.